The number of ether oxygens (including phenoxy) is 1. The zero-order chi connectivity index (χ0) is 28.4. The van der Waals surface area contributed by atoms with Crippen LogP contribution in [0.2, 0.25) is 0 Å². The SMILES string of the molecule is CCCCCNC(=O)C1N([C@@H](CO)[C@@H](C)CC)C(=O)[C@@H]2[C@@H](C(=O)Nc3ccc(OCC)cc3)[C@@]3(C)CCC12S3. The number of fused-ring (bicyclic) bond motifs is 1. The number of benzene rings is 1. The van der Waals surface area contributed by atoms with Gasteiger partial charge in [-0.05, 0) is 63.3 Å². The number of aliphatic hydroxyl groups is 1. The number of rotatable bonds is 13. The Bertz CT molecular complexity index is 1050. The topological polar surface area (TPSA) is 108 Å². The first-order chi connectivity index (χ1) is 18.7. The highest BCUT2D eigenvalue weighted by atomic mass is 32.2. The number of likely N-dealkylation sites (tertiary alicyclic amines) is 1. The van der Waals surface area contributed by atoms with Crippen molar-refractivity contribution < 1.29 is 24.2 Å². The number of hydrogen-bond donors (Lipinski definition) is 3. The lowest BCUT2D eigenvalue weighted by molar-refractivity contribution is -0.143. The van der Waals surface area contributed by atoms with E-state index < -0.39 is 33.4 Å². The van der Waals surface area contributed by atoms with Crippen LogP contribution in [0, 0.1) is 17.8 Å². The van der Waals surface area contributed by atoms with E-state index in [2.05, 4.69) is 24.5 Å². The Morgan fingerprint density at radius 1 is 1.15 bits per heavy atom. The Morgan fingerprint density at radius 2 is 1.87 bits per heavy atom. The first kappa shape index (κ1) is 29.7. The Labute approximate surface area is 237 Å². The highest BCUT2D eigenvalue weighted by Crippen LogP contribution is 2.71. The van der Waals surface area contributed by atoms with Crippen LogP contribution in [-0.4, -0.2) is 69.1 Å². The molecule has 3 fully saturated rings. The summed E-state index contributed by atoms with van der Waals surface area (Å²) in [6.45, 7) is 11.1. The summed E-state index contributed by atoms with van der Waals surface area (Å²) in [5.74, 6) is -0.980. The molecule has 1 spiro atoms. The smallest absolute Gasteiger partial charge is 0.244 e. The summed E-state index contributed by atoms with van der Waals surface area (Å²) in [4.78, 5) is 43.8. The zero-order valence-corrected chi connectivity index (χ0v) is 24.8. The number of unbranched alkanes of at least 4 members (excludes halogenated alkanes) is 2. The van der Waals surface area contributed by atoms with Crippen molar-refractivity contribution in [3.05, 3.63) is 24.3 Å². The van der Waals surface area contributed by atoms with E-state index in [1.807, 2.05) is 32.9 Å². The van der Waals surface area contributed by atoms with Crippen LogP contribution in [0.4, 0.5) is 5.69 Å². The Kier molecular flexibility index (Phi) is 9.21. The molecule has 3 saturated heterocycles. The molecule has 1 aromatic rings. The van der Waals surface area contributed by atoms with Gasteiger partial charge in [0.15, 0.2) is 0 Å². The fraction of sp³-hybridized carbons (Fsp3) is 0.700. The second-order valence-corrected chi connectivity index (χ2v) is 13.5. The minimum Gasteiger partial charge on any atom is -0.494 e. The number of carbonyl (C=O) groups is 3. The maximum atomic E-state index is 14.3. The molecule has 3 aliphatic heterocycles. The molecule has 216 valence electrons. The number of hydrogen-bond acceptors (Lipinski definition) is 6. The van der Waals surface area contributed by atoms with Crippen molar-refractivity contribution in [2.45, 2.75) is 94.7 Å². The Hall–Kier alpha value is -2.26. The number of amides is 3. The average molecular weight is 560 g/mol. The van der Waals surface area contributed by atoms with E-state index in [-0.39, 0.29) is 30.2 Å². The Balaban J connectivity index is 1.67. The predicted molar refractivity (Wildman–Crippen MR) is 155 cm³/mol. The lowest BCUT2D eigenvalue weighted by Gasteiger charge is -2.39. The van der Waals surface area contributed by atoms with Crippen molar-refractivity contribution >= 4 is 35.2 Å². The van der Waals surface area contributed by atoms with Crippen LogP contribution in [0.25, 0.3) is 0 Å². The molecule has 9 heteroatoms. The molecule has 2 unspecified atom stereocenters. The van der Waals surface area contributed by atoms with Crippen LogP contribution in [-0.2, 0) is 14.4 Å². The molecular formula is C30H45N3O5S. The quantitative estimate of drug-likeness (QED) is 0.313. The normalized spacial score (nSPS) is 30.7. The van der Waals surface area contributed by atoms with E-state index in [1.165, 1.54) is 0 Å². The fourth-order valence-electron chi connectivity index (χ4n) is 6.94. The Morgan fingerprint density at radius 3 is 2.49 bits per heavy atom. The number of anilines is 1. The molecular weight excluding hydrogens is 514 g/mol. The molecule has 1 aromatic carbocycles. The zero-order valence-electron chi connectivity index (χ0n) is 24.0. The number of aliphatic hydroxyl groups excluding tert-OH is 1. The number of nitrogens with one attached hydrogen (secondary N) is 2. The minimum atomic E-state index is -0.710. The standard InChI is InChI=1S/C30H45N3O5S/c1-6-9-10-17-31-27(36)25-30-16-15-29(5,39-30)23(24(30)28(37)33(25)22(18-34)19(4)7-2)26(35)32-20-11-13-21(14-12-20)38-8-3/h11-14,19,22-25,34H,6-10,15-18H2,1-5H3,(H,31,36)(H,32,35)/t19-,22-,23-,24-,25?,29+,30?/m0/s1. The minimum absolute atomic E-state index is 0.0125. The molecule has 3 aliphatic rings. The third-order valence-corrected chi connectivity index (χ3v) is 11.1. The maximum Gasteiger partial charge on any atom is 0.244 e. The number of thioether (sulfide) groups is 1. The maximum absolute atomic E-state index is 14.3. The molecule has 39 heavy (non-hydrogen) atoms. The van der Waals surface area contributed by atoms with Gasteiger partial charge in [-0.3, -0.25) is 14.4 Å². The molecule has 7 atom stereocenters. The summed E-state index contributed by atoms with van der Waals surface area (Å²) in [6.07, 6.45) is 5.17. The summed E-state index contributed by atoms with van der Waals surface area (Å²) < 4.78 is 4.37. The van der Waals surface area contributed by atoms with Crippen molar-refractivity contribution in [2.24, 2.45) is 17.8 Å². The molecule has 3 amide bonds. The van der Waals surface area contributed by atoms with Gasteiger partial charge >= 0.3 is 0 Å². The summed E-state index contributed by atoms with van der Waals surface area (Å²) in [5.41, 5.74) is 0.647. The monoisotopic (exact) mass is 559 g/mol. The van der Waals surface area contributed by atoms with Crippen molar-refractivity contribution in [1.29, 1.82) is 0 Å². The number of nitrogens with zero attached hydrogens (tertiary/aromatic N) is 1. The van der Waals surface area contributed by atoms with Gasteiger partial charge in [0.25, 0.3) is 0 Å². The van der Waals surface area contributed by atoms with Gasteiger partial charge in [-0.1, -0.05) is 40.0 Å². The highest BCUT2D eigenvalue weighted by molar-refractivity contribution is 8.02. The van der Waals surface area contributed by atoms with E-state index >= 15 is 0 Å². The number of carbonyl (C=O) groups excluding carboxylic acids is 3. The van der Waals surface area contributed by atoms with Crippen molar-refractivity contribution in [3.8, 4) is 5.75 Å². The molecule has 4 rings (SSSR count). The highest BCUT2D eigenvalue weighted by Gasteiger charge is 2.77. The summed E-state index contributed by atoms with van der Waals surface area (Å²) in [5, 5.41) is 16.6. The third-order valence-electron chi connectivity index (χ3n) is 9.10. The van der Waals surface area contributed by atoms with Gasteiger partial charge in [-0.2, -0.15) is 0 Å². The van der Waals surface area contributed by atoms with Crippen LogP contribution in [0.15, 0.2) is 24.3 Å². The van der Waals surface area contributed by atoms with Gasteiger partial charge in [0.2, 0.25) is 17.7 Å². The van der Waals surface area contributed by atoms with Crippen LogP contribution >= 0.6 is 11.8 Å². The van der Waals surface area contributed by atoms with Crippen molar-refractivity contribution in [2.75, 3.05) is 25.1 Å². The van der Waals surface area contributed by atoms with Crippen molar-refractivity contribution in [3.63, 3.8) is 0 Å². The van der Waals surface area contributed by atoms with Crippen LogP contribution in [0.5, 0.6) is 5.75 Å². The molecule has 0 saturated carbocycles. The van der Waals surface area contributed by atoms with Gasteiger partial charge < -0.3 is 25.4 Å². The molecule has 0 aliphatic carbocycles. The van der Waals surface area contributed by atoms with E-state index in [0.717, 1.165) is 37.9 Å². The van der Waals surface area contributed by atoms with Gasteiger partial charge in [-0.25, -0.2) is 0 Å². The van der Waals surface area contributed by atoms with Crippen LogP contribution < -0.4 is 15.4 Å². The largest absolute Gasteiger partial charge is 0.494 e. The van der Waals surface area contributed by atoms with Crippen molar-refractivity contribution in [1.82, 2.24) is 10.2 Å². The fourth-order valence-corrected chi connectivity index (χ4v) is 9.28. The first-order valence-electron chi connectivity index (χ1n) is 14.6. The van der Waals surface area contributed by atoms with E-state index in [4.69, 9.17) is 4.74 Å². The lowest BCUT2D eigenvalue weighted by atomic mass is 9.66. The van der Waals surface area contributed by atoms with Gasteiger partial charge in [0.05, 0.1) is 35.8 Å². The molecule has 2 bridgehead atoms. The third kappa shape index (κ3) is 5.29. The first-order valence-corrected chi connectivity index (χ1v) is 15.4. The van der Waals surface area contributed by atoms with Gasteiger partial charge in [0.1, 0.15) is 11.8 Å². The summed E-state index contributed by atoms with van der Waals surface area (Å²) in [7, 11) is 0. The van der Waals surface area contributed by atoms with Crippen LogP contribution in [0.1, 0.15) is 73.1 Å². The van der Waals surface area contributed by atoms with Crippen LogP contribution in [0.3, 0.4) is 0 Å². The van der Waals surface area contributed by atoms with E-state index in [1.54, 1.807) is 28.8 Å². The molecule has 3 N–H and O–H groups in total. The second kappa shape index (κ2) is 12.1. The molecule has 0 radical (unpaired) electrons. The van der Waals surface area contributed by atoms with E-state index in [0.29, 0.717) is 25.3 Å². The molecule has 0 aromatic heterocycles. The van der Waals surface area contributed by atoms with Gasteiger partial charge in [-0.15, -0.1) is 11.8 Å². The summed E-state index contributed by atoms with van der Waals surface area (Å²) >= 11 is 1.66. The lowest BCUT2D eigenvalue weighted by Crippen LogP contribution is -2.57. The second-order valence-electron chi connectivity index (χ2n) is 11.6. The average Bonchev–Trinajstić information content (AvgIpc) is 3.49. The predicted octanol–water partition coefficient (Wildman–Crippen LogP) is 4.22. The molecule has 3 heterocycles. The molecule has 8 nitrogen and oxygen atoms in total. The van der Waals surface area contributed by atoms with Gasteiger partial charge in [0, 0.05) is 17.0 Å². The van der Waals surface area contributed by atoms with E-state index in [9.17, 15) is 19.5 Å². The summed E-state index contributed by atoms with van der Waals surface area (Å²) in [6, 6.07) is 6.06.